The Bertz CT molecular complexity index is 415. The molecule has 2 unspecified atom stereocenters. The first-order valence-electron chi connectivity index (χ1n) is 6.99. The van der Waals surface area contributed by atoms with Gasteiger partial charge in [-0.15, -0.1) is 0 Å². The topological polar surface area (TPSA) is 24.5 Å². The molecule has 0 aromatic heterocycles. The van der Waals surface area contributed by atoms with Crippen LogP contribution in [-0.2, 0) is 11.3 Å². The third-order valence-corrected chi connectivity index (χ3v) is 3.35. The molecule has 1 aromatic carbocycles. The molecular weight excluding hydrogens is 243 g/mol. The van der Waals surface area contributed by atoms with Gasteiger partial charge in [-0.2, -0.15) is 0 Å². The molecular formula is C15H23FN2O. The Morgan fingerprint density at radius 1 is 1.32 bits per heavy atom. The molecule has 1 heterocycles. The van der Waals surface area contributed by atoms with Crippen molar-refractivity contribution in [3.05, 3.63) is 29.6 Å². The summed E-state index contributed by atoms with van der Waals surface area (Å²) in [5, 5.41) is 3.20. The third-order valence-electron chi connectivity index (χ3n) is 3.35. The highest BCUT2D eigenvalue weighted by Gasteiger charge is 2.24. The number of nitrogens with zero attached hydrogens (tertiary/aromatic N) is 1. The maximum absolute atomic E-state index is 14.2. The van der Waals surface area contributed by atoms with Crippen molar-refractivity contribution in [2.45, 2.75) is 39.5 Å². The first kappa shape index (κ1) is 14.3. The van der Waals surface area contributed by atoms with Crippen molar-refractivity contribution in [1.82, 2.24) is 5.32 Å². The summed E-state index contributed by atoms with van der Waals surface area (Å²) in [6.45, 7) is 9.19. The molecule has 4 heteroatoms. The van der Waals surface area contributed by atoms with Crippen LogP contribution in [0.3, 0.4) is 0 Å². The van der Waals surface area contributed by atoms with Crippen LogP contribution in [0.5, 0.6) is 0 Å². The molecule has 3 nitrogen and oxygen atoms in total. The lowest BCUT2D eigenvalue weighted by Gasteiger charge is -2.37. The van der Waals surface area contributed by atoms with Crippen LogP contribution in [0.2, 0.25) is 0 Å². The largest absolute Gasteiger partial charge is 0.372 e. The summed E-state index contributed by atoms with van der Waals surface area (Å²) in [5.41, 5.74) is 1.67. The Hall–Kier alpha value is -1.13. The molecule has 0 radical (unpaired) electrons. The molecule has 2 atom stereocenters. The van der Waals surface area contributed by atoms with Crippen LogP contribution in [0.4, 0.5) is 10.1 Å². The maximum atomic E-state index is 14.2. The Balaban J connectivity index is 2.11. The lowest BCUT2D eigenvalue weighted by molar-refractivity contribution is -0.00539. The van der Waals surface area contributed by atoms with Crippen molar-refractivity contribution in [2.24, 2.45) is 0 Å². The molecule has 1 N–H and O–H groups in total. The summed E-state index contributed by atoms with van der Waals surface area (Å²) in [6, 6.07) is 5.50. The summed E-state index contributed by atoms with van der Waals surface area (Å²) in [7, 11) is 0. The fourth-order valence-corrected chi connectivity index (χ4v) is 2.56. The highest BCUT2D eigenvalue weighted by molar-refractivity contribution is 5.49. The van der Waals surface area contributed by atoms with Crippen LogP contribution < -0.4 is 10.2 Å². The molecule has 0 spiro atoms. The van der Waals surface area contributed by atoms with E-state index in [0.717, 1.165) is 25.2 Å². The number of ether oxygens (including phenoxy) is 1. The van der Waals surface area contributed by atoms with E-state index >= 15 is 0 Å². The Morgan fingerprint density at radius 2 is 2.00 bits per heavy atom. The number of rotatable bonds is 4. The Morgan fingerprint density at radius 3 is 2.58 bits per heavy atom. The molecule has 2 rings (SSSR count). The number of benzene rings is 1. The Labute approximate surface area is 114 Å². The molecule has 0 aliphatic carbocycles. The number of hydrogen-bond donors (Lipinski definition) is 1. The molecule has 1 fully saturated rings. The summed E-state index contributed by atoms with van der Waals surface area (Å²) < 4.78 is 19.9. The molecule has 0 bridgehead atoms. The minimum absolute atomic E-state index is 0.142. The van der Waals surface area contributed by atoms with Crippen LogP contribution in [0.25, 0.3) is 0 Å². The van der Waals surface area contributed by atoms with Gasteiger partial charge in [0.2, 0.25) is 0 Å². The van der Waals surface area contributed by atoms with Crippen LogP contribution in [0, 0.1) is 5.82 Å². The number of halogens is 1. The van der Waals surface area contributed by atoms with E-state index in [1.165, 1.54) is 0 Å². The predicted octanol–water partition coefficient (Wildman–Crippen LogP) is 2.55. The quantitative estimate of drug-likeness (QED) is 0.906. The normalized spacial score (nSPS) is 23.7. The number of hydrogen-bond acceptors (Lipinski definition) is 3. The lowest BCUT2D eigenvalue weighted by Crippen LogP contribution is -2.45. The molecule has 1 aliphatic heterocycles. The van der Waals surface area contributed by atoms with Crippen molar-refractivity contribution < 1.29 is 9.13 Å². The highest BCUT2D eigenvalue weighted by Crippen LogP contribution is 2.24. The second-order valence-electron chi connectivity index (χ2n) is 5.23. The van der Waals surface area contributed by atoms with Gasteiger partial charge < -0.3 is 15.0 Å². The van der Waals surface area contributed by atoms with Gasteiger partial charge in [0.25, 0.3) is 0 Å². The molecule has 1 aliphatic rings. The van der Waals surface area contributed by atoms with Gasteiger partial charge in [-0.1, -0.05) is 13.0 Å². The minimum Gasteiger partial charge on any atom is -0.372 e. The SMILES string of the molecule is CCNCc1ccc(N2CC(C)OC(C)C2)c(F)c1. The predicted molar refractivity (Wildman–Crippen MR) is 76.0 cm³/mol. The smallest absolute Gasteiger partial charge is 0.146 e. The van der Waals surface area contributed by atoms with Gasteiger partial charge in [-0.25, -0.2) is 4.39 Å². The number of anilines is 1. The zero-order valence-corrected chi connectivity index (χ0v) is 11.9. The van der Waals surface area contributed by atoms with Crippen molar-refractivity contribution >= 4 is 5.69 Å². The van der Waals surface area contributed by atoms with E-state index in [4.69, 9.17) is 4.74 Å². The average molecular weight is 266 g/mol. The summed E-state index contributed by atoms with van der Waals surface area (Å²) in [6.07, 6.45) is 0.286. The van der Waals surface area contributed by atoms with Crippen molar-refractivity contribution in [2.75, 3.05) is 24.5 Å². The molecule has 106 valence electrons. The molecule has 0 amide bonds. The molecule has 19 heavy (non-hydrogen) atoms. The van der Waals surface area contributed by atoms with Gasteiger partial charge in [0.15, 0.2) is 0 Å². The monoisotopic (exact) mass is 266 g/mol. The van der Waals surface area contributed by atoms with E-state index in [0.29, 0.717) is 12.2 Å². The van der Waals surface area contributed by atoms with Gasteiger partial charge >= 0.3 is 0 Å². The Kier molecular flexibility index (Phi) is 4.77. The fourth-order valence-electron chi connectivity index (χ4n) is 2.56. The summed E-state index contributed by atoms with van der Waals surface area (Å²) in [5.74, 6) is -0.142. The number of morpholine rings is 1. The summed E-state index contributed by atoms with van der Waals surface area (Å²) >= 11 is 0. The zero-order valence-electron chi connectivity index (χ0n) is 11.9. The standard InChI is InChI=1S/C15H23FN2O/c1-4-17-8-13-5-6-15(14(16)7-13)18-9-11(2)19-12(3)10-18/h5-7,11-12,17H,4,8-10H2,1-3H3. The van der Waals surface area contributed by atoms with Gasteiger partial charge in [-0.05, 0) is 38.1 Å². The van der Waals surface area contributed by atoms with Gasteiger partial charge in [-0.3, -0.25) is 0 Å². The molecule has 1 aromatic rings. The van der Waals surface area contributed by atoms with Gasteiger partial charge in [0, 0.05) is 19.6 Å². The fraction of sp³-hybridized carbons (Fsp3) is 0.600. The first-order valence-corrected chi connectivity index (χ1v) is 6.99. The van der Waals surface area contributed by atoms with E-state index in [2.05, 4.69) is 10.2 Å². The van der Waals surface area contributed by atoms with Crippen LogP contribution in [0.1, 0.15) is 26.3 Å². The molecule has 0 saturated carbocycles. The third kappa shape index (κ3) is 3.67. The maximum Gasteiger partial charge on any atom is 0.146 e. The van der Waals surface area contributed by atoms with E-state index in [1.807, 2.05) is 32.9 Å². The highest BCUT2D eigenvalue weighted by atomic mass is 19.1. The second kappa shape index (κ2) is 6.35. The van der Waals surface area contributed by atoms with Crippen molar-refractivity contribution in [3.63, 3.8) is 0 Å². The van der Waals surface area contributed by atoms with Crippen molar-refractivity contribution in [3.8, 4) is 0 Å². The molecule has 1 saturated heterocycles. The van der Waals surface area contributed by atoms with Crippen molar-refractivity contribution in [1.29, 1.82) is 0 Å². The van der Waals surface area contributed by atoms with Gasteiger partial charge in [0.05, 0.1) is 17.9 Å². The van der Waals surface area contributed by atoms with E-state index < -0.39 is 0 Å². The second-order valence-corrected chi connectivity index (χ2v) is 5.23. The van der Waals surface area contributed by atoms with E-state index in [-0.39, 0.29) is 18.0 Å². The van der Waals surface area contributed by atoms with Crippen LogP contribution in [0.15, 0.2) is 18.2 Å². The first-order chi connectivity index (χ1) is 9.10. The minimum atomic E-state index is -0.142. The van der Waals surface area contributed by atoms with E-state index in [9.17, 15) is 4.39 Å². The summed E-state index contributed by atoms with van der Waals surface area (Å²) in [4.78, 5) is 2.07. The van der Waals surface area contributed by atoms with Crippen LogP contribution >= 0.6 is 0 Å². The van der Waals surface area contributed by atoms with Gasteiger partial charge in [0.1, 0.15) is 5.82 Å². The average Bonchev–Trinajstić information content (AvgIpc) is 2.35. The zero-order chi connectivity index (χ0) is 13.8. The number of nitrogens with one attached hydrogen (secondary N) is 1. The lowest BCUT2D eigenvalue weighted by atomic mass is 10.1. The van der Waals surface area contributed by atoms with E-state index in [1.54, 1.807) is 6.07 Å². The van der Waals surface area contributed by atoms with Crippen LogP contribution in [-0.4, -0.2) is 31.8 Å².